The van der Waals surface area contributed by atoms with Crippen LogP contribution in [0.2, 0.25) is 0 Å². The van der Waals surface area contributed by atoms with E-state index in [9.17, 15) is 0 Å². The molecule has 0 amide bonds. The summed E-state index contributed by atoms with van der Waals surface area (Å²) in [5.74, 6) is 2.59. The van der Waals surface area contributed by atoms with Crippen LogP contribution in [-0.2, 0) is 6.42 Å². The fraction of sp³-hybridized carbons (Fsp3) is 0.650. The molecule has 1 atom stereocenters. The number of hydrogen-bond acceptors (Lipinski definition) is 4. The van der Waals surface area contributed by atoms with Gasteiger partial charge in [-0.05, 0) is 63.4 Å². The molecule has 2 N–H and O–H groups in total. The summed E-state index contributed by atoms with van der Waals surface area (Å²) in [5.41, 5.74) is 1.24. The summed E-state index contributed by atoms with van der Waals surface area (Å²) < 4.78 is 10.8. The maximum absolute atomic E-state index is 5.45. The Labute approximate surface area is 157 Å². The van der Waals surface area contributed by atoms with Gasteiger partial charge in [-0.15, -0.1) is 0 Å². The van der Waals surface area contributed by atoms with E-state index >= 15 is 0 Å². The van der Waals surface area contributed by atoms with Crippen LogP contribution >= 0.6 is 0 Å². The molecule has 1 aromatic carbocycles. The number of fused-ring (bicyclic) bond motifs is 1. The van der Waals surface area contributed by atoms with Crippen LogP contribution in [0.15, 0.2) is 23.2 Å². The normalized spacial score (nSPS) is 18.2. The number of likely N-dealkylation sites (tertiary alicyclic amines) is 1. The lowest BCUT2D eigenvalue weighted by Crippen LogP contribution is -2.40. The van der Waals surface area contributed by atoms with Crippen LogP contribution in [0.5, 0.6) is 11.5 Å². The van der Waals surface area contributed by atoms with E-state index in [0.717, 1.165) is 49.9 Å². The zero-order chi connectivity index (χ0) is 18.2. The molecule has 6 nitrogen and oxygen atoms in total. The Bertz CT molecular complexity index is 599. The van der Waals surface area contributed by atoms with Crippen LogP contribution in [0, 0.1) is 0 Å². The van der Waals surface area contributed by atoms with Gasteiger partial charge in [0.15, 0.2) is 17.5 Å². The summed E-state index contributed by atoms with van der Waals surface area (Å²) in [5, 5.41) is 6.81. The molecule has 1 unspecified atom stereocenters. The summed E-state index contributed by atoms with van der Waals surface area (Å²) in [7, 11) is 0. The Morgan fingerprint density at radius 3 is 2.73 bits per heavy atom. The third-order valence-corrected chi connectivity index (χ3v) is 5.08. The first-order chi connectivity index (χ1) is 12.8. The SMILES string of the molecule is CCNC(=NCC(CC)N1CCCC1)NCCc1ccc2c(c1)OCO2. The van der Waals surface area contributed by atoms with Crippen molar-refractivity contribution in [3.63, 3.8) is 0 Å². The maximum Gasteiger partial charge on any atom is 0.231 e. The Hall–Kier alpha value is -1.95. The van der Waals surface area contributed by atoms with Crippen LogP contribution in [0.3, 0.4) is 0 Å². The van der Waals surface area contributed by atoms with E-state index in [-0.39, 0.29) is 0 Å². The van der Waals surface area contributed by atoms with Gasteiger partial charge in [0.05, 0.1) is 6.54 Å². The highest BCUT2D eigenvalue weighted by Crippen LogP contribution is 2.32. The van der Waals surface area contributed by atoms with Crippen molar-refractivity contribution in [2.45, 2.75) is 45.6 Å². The third kappa shape index (κ3) is 5.04. The molecule has 0 spiro atoms. The molecule has 26 heavy (non-hydrogen) atoms. The van der Waals surface area contributed by atoms with Crippen molar-refractivity contribution in [3.05, 3.63) is 23.8 Å². The lowest BCUT2D eigenvalue weighted by molar-refractivity contribution is 0.174. The number of nitrogens with one attached hydrogen (secondary N) is 2. The lowest BCUT2D eigenvalue weighted by atomic mass is 10.1. The topological polar surface area (TPSA) is 58.1 Å². The Morgan fingerprint density at radius 2 is 1.96 bits per heavy atom. The molecule has 1 aromatic rings. The minimum absolute atomic E-state index is 0.323. The standard InChI is InChI=1S/C20H32N4O2/c1-3-17(24-11-5-6-12-24)14-23-20(21-4-2)22-10-9-16-7-8-18-19(13-16)26-15-25-18/h7-8,13,17H,3-6,9-12,14-15H2,1-2H3,(H2,21,22,23). The number of benzene rings is 1. The zero-order valence-electron chi connectivity index (χ0n) is 16.1. The second kappa shape index (κ2) is 9.67. The fourth-order valence-corrected chi connectivity index (χ4v) is 3.57. The average molecular weight is 361 g/mol. The van der Waals surface area contributed by atoms with Gasteiger partial charge in [0.25, 0.3) is 0 Å². The lowest BCUT2D eigenvalue weighted by Gasteiger charge is -2.25. The van der Waals surface area contributed by atoms with Crippen molar-refractivity contribution in [2.75, 3.05) is 39.5 Å². The molecule has 2 aliphatic rings. The third-order valence-electron chi connectivity index (χ3n) is 5.08. The minimum Gasteiger partial charge on any atom is -0.454 e. The summed E-state index contributed by atoms with van der Waals surface area (Å²) in [4.78, 5) is 7.41. The first-order valence-corrected chi connectivity index (χ1v) is 9.95. The number of nitrogens with zero attached hydrogens (tertiary/aromatic N) is 2. The van der Waals surface area contributed by atoms with Gasteiger partial charge in [0.2, 0.25) is 6.79 Å². The van der Waals surface area contributed by atoms with E-state index in [0.29, 0.717) is 12.8 Å². The van der Waals surface area contributed by atoms with Gasteiger partial charge in [-0.3, -0.25) is 9.89 Å². The van der Waals surface area contributed by atoms with E-state index in [2.05, 4.69) is 41.5 Å². The molecule has 0 bridgehead atoms. The van der Waals surface area contributed by atoms with Gasteiger partial charge in [-0.2, -0.15) is 0 Å². The van der Waals surface area contributed by atoms with Gasteiger partial charge in [-0.25, -0.2) is 0 Å². The molecule has 1 fully saturated rings. The molecule has 2 aliphatic heterocycles. The van der Waals surface area contributed by atoms with Crippen molar-refractivity contribution < 1.29 is 9.47 Å². The Balaban J connectivity index is 1.49. The molecule has 0 aromatic heterocycles. The molecular weight excluding hydrogens is 328 g/mol. The van der Waals surface area contributed by atoms with E-state index in [4.69, 9.17) is 14.5 Å². The van der Waals surface area contributed by atoms with Gasteiger partial charge >= 0.3 is 0 Å². The van der Waals surface area contributed by atoms with Gasteiger partial charge in [-0.1, -0.05) is 13.0 Å². The van der Waals surface area contributed by atoms with Crippen molar-refractivity contribution >= 4 is 5.96 Å². The first-order valence-electron chi connectivity index (χ1n) is 9.95. The Kier molecular flexibility index (Phi) is 7.00. The summed E-state index contributed by atoms with van der Waals surface area (Å²) in [6.45, 7) is 9.71. The molecule has 144 valence electrons. The highest BCUT2D eigenvalue weighted by Gasteiger charge is 2.20. The smallest absolute Gasteiger partial charge is 0.231 e. The zero-order valence-corrected chi connectivity index (χ0v) is 16.1. The largest absolute Gasteiger partial charge is 0.454 e. The van der Waals surface area contributed by atoms with Crippen molar-refractivity contribution in [3.8, 4) is 11.5 Å². The van der Waals surface area contributed by atoms with Gasteiger partial charge in [0.1, 0.15) is 0 Å². The summed E-state index contributed by atoms with van der Waals surface area (Å²) in [6.07, 6.45) is 4.73. The average Bonchev–Trinajstić information content (AvgIpc) is 3.33. The van der Waals surface area contributed by atoms with Gasteiger partial charge < -0.3 is 20.1 Å². The molecule has 0 aliphatic carbocycles. The fourth-order valence-electron chi connectivity index (χ4n) is 3.57. The van der Waals surface area contributed by atoms with Crippen molar-refractivity contribution in [1.82, 2.24) is 15.5 Å². The minimum atomic E-state index is 0.323. The predicted octanol–water partition coefficient (Wildman–Crippen LogP) is 2.39. The number of ether oxygens (including phenoxy) is 2. The number of aliphatic imine (C=N–C) groups is 1. The van der Waals surface area contributed by atoms with Crippen LogP contribution in [0.4, 0.5) is 0 Å². The number of guanidine groups is 1. The van der Waals surface area contributed by atoms with E-state index in [1.54, 1.807) is 0 Å². The molecule has 1 saturated heterocycles. The molecular formula is C20H32N4O2. The molecule has 6 heteroatoms. The molecule has 2 heterocycles. The predicted molar refractivity (Wildman–Crippen MR) is 105 cm³/mol. The van der Waals surface area contributed by atoms with Crippen LogP contribution in [0.1, 0.15) is 38.7 Å². The highest BCUT2D eigenvalue weighted by atomic mass is 16.7. The van der Waals surface area contributed by atoms with Crippen LogP contribution < -0.4 is 20.1 Å². The second-order valence-corrected chi connectivity index (χ2v) is 6.89. The van der Waals surface area contributed by atoms with Crippen molar-refractivity contribution in [2.24, 2.45) is 4.99 Å². The van der Waals surface area contributed by atoms with Crippen LogP contribution in [0.25, 0.3) is 0 Å². The maximum atomic E-state index is 5.45. The quantitative estimate of drug-likeness (QED) is 0.551. The molecule has 0 saturated carbocycles. The molecule has 0 radical (unpaired) electrons. The molecule has 3 rings (SSSR count). The Morgan fingerprint density at radius 1 is 1.15 bits per heavy atom. The number of rotatable bonds is 8. The van der Waals surface area contributed by atoms with E-state index < -0.39 is 0 Å². The summed E-state index contributed by atoms with van der Waals surface area (Å²) in [6, 6.07) is 6.70. The van der Waals surface area contributed by atoms with Gasteiger partial charge in [0, 0.05) is 19.1 Å². The first kappa shape index (κ1) is 18.8. The number of hydrogen-bond donors (Lipinski definition) is 2. The summed E-state index contributed by atoms with van der Waals surface area (Å²) >= 11 is 0. The van der Waals surface area contributed by atoms with E-state index in [1.807, 2.05) is 6.07 Å². The monoisotopic (exact) mass is 360 g/mol. The second-order valence-electron chi connectivity index (χ2n) is 6.89. The highest BCUT2D eigenvalue weighted by molar-refractivity contribution is 5.79. The van der Waals surface area contributed by atoms with Crippen molar-refractivity contribution in [1.29, 1.82) is 0 Å². The van der Waals surface area contributed by atoms with E-state index in [1.165, 1.54) is 31.5 Å². The van der Waals surface area contributed by atoms with Crippen LogP contribution in [-0.4, -0.2) is 56.4 Å².